The summed E-state index contributed by atoms with van der Waals surface area (Å²) in [5.41, 5.74) is 3.04. The summed E-state index contributed by atoms with van der Waals surface area (Å²) in [5, 5.41) is 3.81. The third-order valence-electron chi connectivity index (χ3n) is 4.28. The van der Waals surface area contributed by atoms with E-state index in [4.69, 9.17) is 4.74 Å². The minimum absolute atomic E-state index is 0.266. The Hall–Kier alpha value is -3.15. The number of fused-ring (bicyclic) bond motifs is 1. The number of benzene rings is 1. The van der Waals surface area contributed by atoms with Gasteiger partial charge in [-0.05, 0) is 47.4 Å². The fraction of sp³-hybridized carbons (Fsp3) is 0.250. The number of carbonyl (C=O) groups excluding carboxylic acids is 2. The molecule has 0 aliphatic heterocycles. The zero-order chi connectivity index (χ0) is 18.7. The van der Waals surface area contributed by atoms with Gasteiger partial charge in [0.2, 0.25) is 0 Å². The van der Waals surface area contributed by atoms with Crippen LogP contribution in [0.15, 0.2) is 48.8 Å². The molecule has 0 aliphatic rings. The number of hydrogen-bond donors (Lipinski definition) is 1. The predicted octanol–water partition coefficient (Wildman–Crippen LogP) is 3.70. The topological polar surface area (TPSA) is 73.2 Å². The summed E-state index contributed by atoms with van der Waals surface area (Å²) in [6, 6.07) is 10.7. The molecule has 0 atom stereocenters. The van der Waals surface area contributed by atoms with E-state index in [0.717, 1.165) is 16.5 Å². The van der Waals surface area contributed by atoms with Crippen molar-refractivity contribution in [2.45, 2.75) is 26.3 Å². The van der Waals surface area contributed by atoms with Gasteiger partial charge in [-0.1, -0.05) is 19.9 Å². The van der Waals surface area contributed by atoms with E-state index in [2.05, 4.69) is 24.1 Å². The van der Waals surface area contributed by atoms with Gasteiger partial charge in [-0.2, -0.15) is 0 Å². The third-order valence-corrected chi connectivity index (χ3v) is 4.28. The van der Waals surface area contributed by atoms with Crippen molar-refractivity contribution in [1.29, 1.82) is 0 Å². The van der Waals surface area contributed by atoms with Crippen molar-refractivity contribution in [2.75, 3.05) is 7.11 Å². The maximum absolute atomic E-state index is 12.6. The van der Waals surface area contributed by atoms with Gasteiger partial charge in [-0.25, -0.2) is 14.6 Å². The molecule has 2 aromatic heterocycles. The number of nitrogens with zero attached hydrogens (tertiary/aromatic N) is 2. The van der Waals surface area contributed by atoms with Gasteiger partial charge < -0.3 is 10.1 Å². The molecule has 0 radical (unpaired) electrons. The smallest absolute Gasteiger partial charge is 0.337 e. The number of methoxy groups -OCH3 is 1. The van der Waals surface area contributed by atoms with E-state index in [1.165, 1.54) is 11.7 Å². The number of rotatable bonds is 4. The van der Waals surface area contributed by atoms with Crippen LogP contribution in [0.3, 0.4) is 0 Å². The Morgan fingerprint density at radius 1 is 1.23 bits per heavy atom. The van der Waals surface area contributed by atoms with Crippen molar-refractivity contribution in [3.8, 4) is 0 Å². The van der Waals surface area contributed by atoms with Gasteiger partial charge in [-0.3, -0.25) is 4.57 Å². The number of pyridine rings is 1. The van der Waals surface area contributed by atoms with Crippen LogP contribution in [0, 0.1) is 0 Å². The average molecular weight is 351 g/mol. The van der Waals surface area contributed by atoms with Crippen LogP contribution >= 0.6 is 0 Å². The van der Waals surface area contributed by atoms with Crippen molar-refractivity contribution >= 4 is 23.0 Å². The van der Waals surface area contributed by atoms with E-state index >= 15 is 0 Å². The van der Waals surface area contributed by atoms with E-state index in [1.807, 2.05) is 24.3 Å². The molecule has 134 valence electrons. The van der Waals surface area contributed by atoms with Crippen molar-refractivity contribution < 1.29 is 14.3 Å². The highest BCUT2D eigenvalue weighted by atomic mass is 16.5. The molecule has 0 fully saturated rings. The molecular weight excluding hydrogens is 330 g/mol. The van der Waals surface area contributed by atoms with E-state index < -0.39 is 5.97 Å². The van der Waals surface area contributed by atoms with Crippen molar-refractivity contribution in [3.63, 3.8) is 0 Å². The lowest BCUT2D eigenvalue weighted by molar-refractivity contribution is 0.0600. The standard InChI is InChI=1S/C20H21N3O3/c1-13(2)17-7-6-15(19(24)26-3)11-16(17)12-22-20(25)23-10-8-14-5-4-9-21-18(14)23/h4-11,13H,12H2,1-3H3,(H,22,25). The number of ether oxygens (including phenoxy) is 1. The number of amides is 1. The van der Waals surface area contributed by atoms with Crippen LogP contribution in [0.5, 0.6) is 0 Å². The maximum atomic E-state index is 12.6. The molecule has 6 nitrogen and oxygen atoms in total. The molecule has 1 aromatic carbocycles. The number of aromatic nitrogens is 2. The van der Waals surface area contributed by atoms with Gasteiger partial charge in [-0.15, -0.1) is 0 Å². The maximum Gasteiger partial charge on any atom is 0.337 e. The molecule has 1 N–H and O–H groups in total. The summed E-state index contributed by atoms with van der Waals surface area (Å²) in [5.74, 6) is -0.129. The van der Waals surface area contributed by atoms with Gasteiger partial charge in [0.15, 0.2) is 0 Å². The highest BCUT2D eigenvalue weighted by Crippen LogP contribution is 2.21. The molecule has 3 aromatic rings. The Kier molecular flexibility index (Phi) is 5.02. The third kappa shape index (κ3) is 3.44. The van der Waals surface area contributed by atoms with Gasteiger partial charge in [0.1, 0.15) is 5.65 Å². The van der Waals surface area contributed by atoms with Crippen LogP contribution in [0.4, 0.5) is 4.79 Å². The zero-order valence-corrected chi connectivity index (χ0v) is 15.0. The molecule has 3 rings (SSSR count). The fourth-order valence-corrected chi connectivity index (χ4v) is 2.95. The minimum atomic E-state index is -0.395. The molecule has 0 saturated carbocycles. The molecule has 2 heterocycles. The zero-order valence-electron chi connectivity index (χ0n) is 15.0. The van der Waals surface area contributed by atoms with E-state index in [1.54, 1.807) is 24.5 Å². The lowest BCUT2D eigenvalue weighted by Gasteiger charge is -2.15. The monoisotopic (exact) mass is 351 g/mol. The predicted molar refractivity (Wildman–Crippen MR) is 99.2 cm³/mol. The Morgan fingerprint density at radius 2 is 2.04 bits per heavy atom. The Balaban J connectivity index is 1.84. The second kappa shape index (κ2) is 7.39. The summed E-state index contributed by atoms with van der Waals surface area (Å²) in [7, 11) is 1.35. The molecule has 0 saturated heterocycles. The largest absolute Gasteiger partial charge is 0.465 e. The first-order valence-corrected chi connectivity index (χ1v) is 8.42. The van der Waals surface area contributed by atoms with Gasteiger partial charge in [0.05, 0.1) is 12.7 Å². The number of hydrogen-bond acceptors (Lipinski definition) is 4. The van der Waals surface area contributed by atoms with Crippen LogP contribution in [0.1, 0.15) is 41.3 Å². The fourth-order valence-electron chi connectivity index (χ4n) is 2.95. The number of carbonyl (C=O) groups is 2. The second-order valence-electron chi connectivity index (χ2n) is 6.32. The molecule has 1 amide bonds. The van der Waals surface area contributed by atoms with Crippen LogP contribution < -0.4 is 5.32 Å². The van der Waals surface area contributed by atoms with E-state index in [9.17, 15) is 9.59 Å². The SMILES string of the molecule is COC(=O)c1ccc(C(C)C)c(CNC(=O)n2ccc3cccnc32)c1. The molecule has 0 bridgehead atoms. The summed E-state index contributed by atoms with van der Waals surface area (Å²) < 4.78 is 6.27. The first-order chi connectivity index (χ1) is 12.5. The lowest BCUT2D eigenvalue weighted by atomic mass is 9.95. The van der Waals surface area contributed by atoms with Gasteiger partial charge in [0.25, 0.3) is 0 Å². The summed E-state index contributed by atoms with van der Waals surface area (Å²) in [6.45, 7) is 4.45. The first kappa shape index (κ1) is 17.7. The second-order valence-corrected chi connectivity index (χ2v) is 6.32. The quantitative estimate of drug-likeness (QED) is 0.727. The van der Waals surface area contributed by atoms with Gasteiger partial charge >= 0.3 is 12.0 Å². The molecule has 0 spiro atoms. The van der Waals surface area contributed by atoms with Gasteiger partial charge in [0, 0.05) is 24.3 Å². The first-order valence-electron chi connectivity index (χ1n) is 8.42. The highest BCUT2D eigenvalue weighted by Gasteiger charge is 2.14. The molecule has 0 unspecified atom stereocenters. The summed E-state index contributed by atoms with van der Waals surface area (Å²) in [4.78, 5) is 28.6. The van der Waals surface area contributed by atoms with Crippen molar-refractivity contribution in [2.24, 2.45) is 0 Å². The Morgan fingerprint density at radius 3 is 2.77 bits per heavy atom. The highest BCUT2D eigenvalue weighted by molar-refractivity contribution is 5.90. The van der Waals surface area contributed by atoms with E-state index in [0.29, 0.717) is 17.8 Å². The average Bonchev–Trinajstić information content (AvgIpc) is 3.09. The van der Waals surface area contributed by atoms with Crippen molar-refractivity contribution in [1.82, 2.24) is 14.9 Å². The normalized spacial score (nSPS) is 10.9. The van der Waals surface area contributed by atoms with Crippen molar-refractivity contribution in [3.05, 3.63) is 65.5 Å². The van der Waals surface area contributed by atoms with Crippen LogP contribution in [-0.4, -0.2) is 28.7 Å². The minimum Gasteiger partial charge on any atom is -0.465 e. The molecule has 6 heteroatoms. The van der Waals surface area contributed by atoms with Crippen LogP contribution in [-0.2, 0) is 11.3 Å². The van der Waals surface area contributed by atoms with Crippen LogP contribution in [0.25, 0.3) is 11.0 Å². The van der Waals surface area contributed by atoms with Crippen LogP contribution in [0.2, 0.25) is 0 Å². The molecule has 26 heavy (non-hydrogen) atoms. The Bertz CT molecular complexity index is 960. The Labute approximate surface area is 151 Å². The summed E-state index contributed by atoms with van der Waals surface area (Å²) >= 11 is 0. The number of esters is 1. The number of nitrogens with one attached hydrogen (secondary N) is 1. The van der Waals surface area contributed by atoms with E-state index in [-0.39, 0.29) is 11.9 Å². The summed E-state index contributed by atoms with van der Waals surface area (Å²) in [6.07, 6.45) is 3.35. The lowest BCUT2D eigenvalue weighted by Crippen LogP contribution is -2.28. The molecule has 0 aliphatic carbocycles. The molecular formula is C20H21N3O3.